The van der Waals surface area contributed by atoms with Crippen LogP contribution in [0.1, 0.15) is 42.3 Å². The fraction of sp³-hybridized carbons (Fsp3) is 0.556. The third-order valence-electron chi connectivity index (χ3n) is 2.50. The summed E-state index contributed by atoms with van der Waals surface area (Å²) in [6.45, 7) is 0. The molecule has 2 nitrogen and oxygen atoms in total. The van der Waals surface area contributed by atoms with Gasteiger partial charge in [0.1, 0.15) is 7.85 Å². The normalized spacial score (nSPS) is 17.8. The molecular weight excluding hydrogens is 179 g/mol. The Labute approximate surface area is 83.3 Å². The van der Waals surface area contributed by atoms with Crippen molar-refractivity contribution in [1.82, 2.24) is 4.98 Å². The molecule has 0 saturated heterocycles. The number of nitrogens with one attached hydrogen (secondary N) is 1. The Morgan fingerprint density at radius 1 is 1.54 bits per heavy atom. The van der Waals surface area contributed by atoms with Crippen molar-refractivity contribution in [1.29, 1.82) is 5.41 Å². The molecule has 4 heteroatoms. The summed E-state index contributed by atoms with van der Waals surface area (Å²) in [5, 5.41) is 10.3. The van der Waals surface area contributed by atoms with Gasteiger partial charge in [0, 0.05) is 16.9 Å². The molecule has 1 heterocycles. The van der Waals surface area contributed by atoms with Crippen molar-refractivity contribution >= 4 is 24.8 Å². The van der Waals surface area contributed by atoms with Crippen LogP contribution in [-0.2, 0) is 0 Å². The third-order valence-corrected chi connectivity index (χ3v) is 3.51. The summed E-state index contributed by atoms with van der Waals surface area (Å²) in [7, 11) is 5.35. The van der Waals surface area contributed by atoms with Crippen LogP contribution in [0.3, 0.4) is 0 Å². The maximum absolute atomic E-state index is 7.24. The molecule has 1 N–H and O–H groups in total. The van der Waals surface area contributed by atoms with Crippen LogP contribution in [-0.4, -0.2) is 18.4 Å². The predicted molar refractivity (Wildman–Crippen MR) is 55.9 cm³/mol. The lowest BCUT2D eigenvalue weighted by Crippen LogP contribution is -1.99. The first-order chi connectivity index (χ1) is 6.27. The molecule has 0 aromatic carbocycles. The van der Waals surface area contributed by atoms with Crippen molar-refractivity contribution in [2.75, 3.05) is 0 Å². The lowest BCUT2D eigenvalue weighted by Gasteiger charge is -2.02. The molecule has 1 fully saturated rings. The molecule has 1 aliphatic rings. The van der Waals surface area contributed by atoms with E-state index in [1.54, 1.807) is 11.3 Å². The Bertz CT molecular complexity index is 315. The van der Waals surface area contributed by atoms with Crippen LogP contribution in [0.2, 0.25) is 0 Å². The molecule has 0 aliphatic heterocycles. The molecule has 1 aromatic rings. The monoisotopic (exact) mass is 190 g/mol. The van der Waals surface area contributed by atoms with Crippen LogP contribution >= 0.6 is 11.3 Å². The Balaban J connectivity index is 2.16. The number of rotatable bonds is 2. The average Bonchev–Trinajstić information content (AvgIpc) is 2.75. The first-order valence-electron chi connectivity index (χ1n) is 4.57. The highest BCUT2D eigenvalue weighted by molar-refractivity contribution is 7.10. The number of hydrogen-bond donors (Lipinski definition) is 1. The largest absolute Gasteiger partial charge is 0.315 e. The zero-order valence-corrected chi connectivity index (χ0v) is 8.23. The minimum atomic E-state index is 0.0838. The third kappa shape index (κ3) is 1.83. The van der Waals surface area contributed by atoms with Gasteiger partial charge in [-0.25, -0.2) is 4.98 Å². The van der Waals surface area contributed by atoms with E-state index in [2.05, 4.69) is 4.98 Å². The van der Waals surface area contributed by atoms with Crippen molar-refractivity contribution in [2.24, 2.45) is 0 Å². The molecule has 2 radical (unpaired) electrons. The maximum Gasteiger partial charge on any atom is 0.143 e. The van der Waals surface area contributed by atoms with E-state index in [1.165, 1.54) is 30.7 Å². The highest BCUT2D eigenvalue weighted by atomic mass is 32.1. The van der Waals surface area contributed by atoms with Gasteiger partial charge in [0.05, 0.1) is 10.7 Å². The van der Waals surface area contributed by atoms with Crippen LogP contribution in [0.4, 0.5) is 0 Å². The lowest BCUT2D eigenvalue weighted by molar-refractivity contribution is 0.716. The van der Waals surface area contributed by atoms with Gasteiger partial charge in [0.25, 0.3) is 0 Å². The van der Waals surface area contributed by atoms with Gasteiger partial charge in [-0.3, -0.25) is 0 Å². The summed E-state index contributed by atoms with van der Waals surface area (Å²) in [6, 6.07) is 0. The van der Waals surface area contributed by atoms with Gasteiger partial charge in [-0.2, -0.15) is 0 Å². The summed E-state index contributed by atoms with van der Waals surface area (Å²) in [6.07, 6.45) is 5.15. The Hall–Kier alpha value is -0.635. The lowest BCUT2D eigenvalue weighted by atomic mass is 9.99. The van der Waals surface area contributed by atoms with E-state index in [9.17, 15) is 0 Å². The van der Waals surface area contributed by atoms with Gasteiger partial charge < -0.3 is 5.41 Å². The topological polar surface area (TPSA) is 36.7 Å². The maximum atomic E-state index is 7.24. The van der Waals surface area contributed by atoms with Crippen molar-refractivity contribution in [2.45, 2.75) is 31.6 Å². The van der Waals surface area contributed by atoms with Gasteiger partial charge in [-0.1, -0.05) is 12.8 Å². The first-order valence-corrected chi connectivity index (χ1v) is 5.45. The van der Waals surface area contributed by atoms with Crippen molar-refractivity contribution in [3.63, 3.8) is 0 Å². The zero-order valence-electron chi connectivity index (χ0n) is 7.42. The number of hydrogen-bond acceptors (Lipinski definition) is 3. The SMILES string of the molecule is [B]C(=N)c1csc(C2CCCC2)n1. The highest BCUT2D eigenvalue weighted by Crippen LogP contribution is 2.35. The van der Waals surface area contributed by atoms with E-state index in [-0.39, 0.29) is 5.61 Å². The quantitative estimate of drug-likeness (QED) is 0.563. The van der Waals surface area contributed by atoms with Crippen LogP contribution in [0, 0.1) is 5.41 Å². The molecule has 0 amide bonds. The minimum absolute atomic E-state index is 0.0838. The predicted octanol–water partition coefficient (Wildman–Crippen LogP) is 2.29. The molecule has 0 atom stereocenters. The summed E-state index contributed by atoms with van der Waals surface area (Å²) >= 11 is 1.64. The summed E-state index contributed by atoms with van der Waals surface area (Å²) < 4.78 is 0. The molecule has 1 saturated carbocycles. The molecular formula is C9H11BN2S. The fourth-order valence-corrected chi connectivity index (χ4v) is 2.76. The van der Waals surface area contributed by atoms with Gasteiger partial charge in [0.2, 0.25) is 0 Å². The molecule has 0 bridgehead atoms. The first kappa shape index (κ1) is 8.94. The molecule has 13 heavy (non-hydrogen) atoms. The summed E-state index contributed by atoms with van der Waals surface area (Å²) in [5.74, 6) is 0.637. The van der Waals surface area contributed by atoms with Gasteiger partial charge in [-0.15, -0.1) is 11.3 Å². The zero-order chi connectivity index (χ0) is 9.26. The van der Waals surface area contributed by atoms with E-state index in [0.717, 1.165) is 0 Å². The minimum Gasteiger partial charge on any atom is -0.315 e. The summed E-state index contributed by atoms with van der Waals surface area (Å²) in [4.78, 5) is 4.36. The van der Waals surface area contributed by atoms with E-state index < -0.39 is 0 Å². The smallest absolute Gasteiger partial charge is 0.143 e. The van der Waals surface area contributed by atoms with Gasteiger partial charge >= 0.3 is 0 Å². The Morgan fingerprint density at radius 3 is 2.77 bits per heavy atom. The second-order valence-corrected chi connectivity index (χ2v) is 4.36. The van der Waals surface area contributed by atoms with Crippen molar-refractivity contribution in [3.8, 4) is 0 Å². The standard InChI is InChI=1S/C9H11BN2S/c10-8(11)7-5-13-9(12-7)6-3-1-2-4-6/h5-6,11H,1-4H2. The van der Waals surface area contributed by atoms with E-state index >= 15 is 0 Å². The Kier molecular flexibility index (Phi) is 2.49. The average molecular weight is 190 g/mol. The second-order valence-electron chi connectivity index (χ2n) is 3.47. The molecule has 1 aromatic heterocycles. The number of nitrogens with zero attached hydrogens (tertiary/aromatic N) is 1. The molecule has 1 aliphatic carbocycles. The number of aromatic nitrogens is 1. The van der Waals surface area contributed by atoms with E-state index in [4.69, 9.17) is 13.3 Å². The second kappa shape index (κ2) is 3.62. The van der Waals surface area contributed by atoms with Crippen LogP contribution in [0.5, 0.6) is 0 Å². The highest BCUT2D eigenvalue weighted by Gasteiger charge is 2.20. The summed E-state index contributed by atoms with van der Waals surface area (Å²) in [5.41, 5.74) is 0.729. The Morgan fingerprint density at radius 2 is 2.23 bits per heavy atom. The van der Waals surface area contributed by atoms with Crippen LogP contribution < -0.4 is 0 Å². The molecule has 0 unspecified atom stereocenters. The van der Waals surface area contributed by atoms with Gasteiger partial charge in [0.15, 0.2) is 0 Å². The van der Waals surface area contributed by atoms with E-state index in [0.29, 0.717) is 11.6 Å². The fourth-order valence-electron chi connectivity index (χ4n) is 1.77. The van der Waals surface area contributed by atoms with Gasteiger partial charge in [-0.05, 0) is 12.8 Å². The van der Waals surface area contributed by atoms with Crippen LogP contribution in [0.25, 0.3) is 0 Å². The van der Waals surface area contributed by atoms with Crippen LogP contribution in [0.15, 0.2) is 5.38 Å². The molecule has 66 valence electrons. The van der Waals surface area contributed by atoms with Crippen molar-refractivity contribution < 1.29 is 0 Å². The van der Waals surface area contributed by atoms with Crippen molar-refractivity contribution in [3.05, 3.63) is 16.1 Å². The molecule has 0 spiro atoms. The van der Waals surface area contributed by atoms with E-state index in [1.807, 2.05) is 5.38 Å². The molecule has 2 rings (SSSR count). The number of thiazole rings is 1.